The molecule has 31 heavy (non-hydrogen) atoms. The highest BCUT2D eigenvalue weighted by molar-refractivity contribution is 7.99. The molecule has 0 spiro atoms. The number of amides is 1. The predicted octanol–water partition coefficient (Wildman–Crippen LogP) is 4.85. The molecule has 4 rings (SSSR count). The molecule has 0 N–H and O–H groups in total. The van der Waals surface area contributed by atoms with Gasteiger partial charge in [0.1, 0.15) is 5.75 Å². The fourth-order valence-corrected chi connectivity index (χ4v) is 4.42. The van der Waals surface area contributed by atoms with E-state index in [-0.39, 0.29) is 11.7 Å². The van der Waals surface area contributed by atoms with Crippen molar-refractivity contribution in [2.45, 2.75) is 38.5 Å². The number of para-hydroxylation sites is 1. The van der Waals surface area contributed by atoms with E-state index >= 15 is 0 Å². The predicted molar refractivity (Wildman–Crippen MR) is 121 cm³/mol. The molecule has 0 atom stereocenters. The lowest BCUT2D eigenvalue weighted by atomic mass is 9.88. The van der Waals surface area contributed by atoms with Crippen LogP contribution in [0.2, 0.25) is 0 Å². The third-order valence-electron chi connectivity index (χ3n) is 4.98. The average Bonchev–Trinajstić information content (AvgIpc) is 3.22. The Kier molecular flexibility index (Phi) is 5.82. The van der Waals surface area contributed by atoms with Crippen molar-refractivity contribution in [2.24, 2.45) is 0 Å². The van der Waals surface area contributed by atoms with Crippen molar-refractivity contribution >= 4 is 28.9 Å². The summed E-state index contributed by atoms with van der Waals surface area (Å²) in [5.74, 6) is 1.18. The molecular weight excluding hydrogens is 412 g/mol. The zero-order valence-electron chi connectivity index (χ0n) is 18.0. The maximum atomic E-state index is 13.4. The summed E-state index contributed by atoms with van der Waals surface area (Å²) in [5.41, 5.74) is 3.16. The van der Waals surface area contributed by atoms with Gasteiger partial charge in [-0.15, -0.1) is 10.2 Å². The Morgan fingerprint density at radius 2 is 2.06 bits per heavy atom. The number of hydrogen-bond acceptors (Lipinski definition) is 7. The number of allylic oxidation sites excluding steroid dienone is 1. The Hall–Kier alpha value is -3.13. The number of carbonyl (C=O) groups excluding carboxylic acids is 1. The standard InChI is InChI=1S/C23H24N4O3S/c1-5-29-18-10-6-9-17-15(2)12-23(3,4)27(20(17)18)19(28)14-31-22-26-25-21(30-22)16-8-7-11-24-13-16/h6-13H,5,14H2,1-4H3. The molecule has 160 valence electrons. The third-order valence-corrected chi connectivity index (χ3v) is 5.78. The average molecular weight is 437 g/mol. The number of fused-ring (bicyclic) bond motifs is 1. The summed E-state index contributed by atoms with van der Waals surface area (Å²) in [4.78, 5) is 19.3. The number of rotatable bonds is 6. The Bertz CT molecular complexity index is 1120. The van der Waals surface area contributed by atoms with Gasteiger partial charge < -0.3 is 9.15 Å². The molecule has 0 unspecified atom stereocenters. The maximum absolute atomic E-state index is 13.4. The smallest absolute Gasteiger partial charge is 0.277 e. The number of carbonyl (C=O) groups is 1. The van der Waals surface area contributed by atoms with Gasteiger partial charge in [0.15, 0.2) is 0 Å². The second kappa shape index (κ2) is 8.55. The van der Waals surface area contributed by atoms with Gasteiger partial charge >= 0.3 is 0 Å². The summed E-state index contributed by atoms with van der Waals surface area (Å²) >= 11 is 1.22. The molecular formula is C23H24N4O3S. The van der Waals surface area contributed by atoms with Crippen LogP contribution >= 0.6 is 11.8 Å². The van der Waals surface area contributed by atoms with Crippen molar-refractivity contribution in [3.63, 3.8) is 0 Å². The summed E-state index contributed by atoms with van der Waals surface area (Å²) < 4.78 is 11.6. The van der Waals surface area contributed by atoms with E-state index in [2.05, 4.69) is 28.2 Å². The van der Waals surface area contributed by atoms with Crippen LogP contribution in [0.25, 0.3) is 17.0 Å². The van der Waals surface area contributed by atoms with Gasteiger partial charge in [0, 0.05) is 18.0 Å². The van der Waals surface area contributed by atoms with Gasteiger partial charge in [0.2, 0.25) is 11.8 Å². The number of nitrogens with zero attached hydrogens (tertiary/aromatic N) is 4. The summed E-state index contributed by atoms with van der Waals surface area (Å²) in [6.45, 7) is 8.57. The highest BCUT2D eigenvalue weighted by Gasteiger charge is 2.37. The molecule has 0 radical (unpaired) electrons. The van der Waals surface area contributed by atoms with Crippen LogP contribution in [0.1, 0.15) is 33.3 Å². The molecule has 0 bridgehead atoms. The van der Waals surface area contributed by atoms with Gasteiger partial charge in [-0.1, -0.05) is 30.0 Å². The second-order valence-corrected chi connectivity index (χ2v) is 8.63. The van der Waals surface area contributed by atoms with Crippen molar-refractivity contribution in [1.29, 1.82) is 0 Å². The molecule has 0 saturated carbocycles. The van der Waals surface area contributed by atoms with Crippen LogP contribution in [0, 0.1) is 0 Å². The van der Waals surface area contributed by atoms with Crippen LogP contribution in [0.4, 0.5) is 5.69 Å². The first-order chi connectivity index (χ1) is 14.9. The van der Waals surface area contributed by atoms with Crippen LogP contribution < -0.4 is 9.64 Å². The molecule has 0 aliphatic carbocycles. The van der Waals surface area contributed by atoms with Gasteiger partial charge in [-0.3, -0.25) is 14.7 Å². The fourth-order valence-electron chi connectivity index (χ4n) is 3.81. The lowest BCUT2D eigenvalue weighted by Crippen LogP contribution is -2.50. The van der Waals surface area contributed by atoms with Crippen molar-refractivity contribution in [2.75, 3.05) is 17.3 Å². The minimum atomic E-state index is -0.502. The Morgan fingerprint density at radius 3 is 2.81 bits per heavy atom. The lowest BCUT2D eigenvalue weighted by Gasteiger charge is -2.42. The molecule has 1 aliphatic rings. The molecule has 0 saturated heterocycles. The van der Waals surface area contributed by atoms with Crippen LogP contribution in [0.5, 0.6) is 5.75 Å². The number of benzene rings is 1. The van der Waals surface area contributed by atoms with Gasteiger partial charge in [-0.2, -0.15) is 0 Å². The molecule has 1 aromatic carbocycles. The van der Waals surface area contributed by atoms with Gasteiger partial charge in [-0.25, -0.2) is 0 Å². The minimum absolute atomic E-state index is 0.0618. The fraction of sp³-hybridized carbons (Fsp3) is 0.304. The van der Waals surface area contributed by atoms with E-state index in [1.54, 1.807) is 18.5 Å². The molecule has 3 aromatic rings. The summed E-state index contributed by atoms with van der Waals surface area (Å²) in [7, 11) is 0. The topological polar surface area (TPSA) is 81.4 Å². The van der Waals surface area contributed by atoms with E-state index in [1.807, 2.05) is 49.9 Å². The molecule has 1 amide bonds. The van der Waals surface area contributed by atoms with Crippen molar-refractivity contribution in [3.8, 4) is 17.2 Å². The number of thioether (sulfide) groups is 1. The monoisotopic (exact) mass is 436 g/mol. The summed E-state index contributed by atoms with van der Waals surface area (Å²) in [5, 5.41) is 8.46. The zero-order valence-corrected chi connectivity index (χ0v) is 18.8. The van der Waals surface area contributed by atoms with E-state index in [1.165, 1.54) is 11.8 Å². The van der Waals surface area contributed by atoms with Crippen molar-refractivity contribution in [3.05, 3.63) is 54.4 Å². The molecule has 2 aromatic heterocycles. The maximum Gasteiger partial charge on any atom is 0.277 e. The Morgan fingerprint density at radius 1 is 1.23 bits per heavy atom. The second-order valence-electron chi connectivity index (χ2n) is 7.70. The third kappa shape index (κ3) is 4.20. The normalized spacial score (nSPS) is 14.7. The van der Waals surface area contributed by atoms with Gasteiger partial charge in [0.05, 0.1) is 29.1 Å². The summed E-state index contributed by atoms with van der Waals surface area (Å²) in [6.07, 6.45) is 5.45. The van der Waals surface area contributed by atoms with Crippen LogP contribution in [-0.4, -0.2) is 39.0 Å². The first kappa shape index (κ1) is 21.1. The number of aromatic nitrogens is 3. The number of ether oxygens (including phenoxy) is 1. The molecule has 7 nitrogen and oxygen atoms in total. The van der Waals surface area contributed by atoms with E-state index in [9.17, 15) is 4.79 Å². The van der Waals surface area contributed by atoms with E-state index in [4.69, 9.17) is 9.15 Å². The van der Waals surface area contributed by atoms with Crippen LogP contribution in [0.3, 0.4) is 0 Å². The van der Waals surface area contributed by atoms with Crippen molar-refractivity contribution in [1.82, 2.24) is 15.2 Å². The number of anilines is 1. The molecule has 3 heterocycles. The number of hydrogen-bond donors (Lipinski definition) is 0. The van der Waals surface area contributed by atoms with E-state index in [0.29, 0.717) is 23.5 Å². The Labute approximate surface area is 185 Å². The van der Waals surface area contributed by atoms with Crippen LogP contribution in [0.15, 0.2) is 58.4 Å². The molecule has 0 fully saturated rings. The highest BCUT2D eigenvalue weighted by Crippen LogP contribution is 2.44. The zero-order chi connectivity index (χ0) is 22.0. The highest BCUT2D eigenvalue weighted by atomic mass is 32.2. The number of pyridine rings is 1. The first-order valence-electron chi connectivity index (χ1n) is 10.1. The van der Waals surface area contributed by atoms with Crippen molar-refractivity contribution < 1.29 is 13.9 Å². The van der Waals surface area contributed by atoms with E-state index in [0.717, 1.165) is 22.4 Å². The molecule has 8 heteroatoms. The first-order valence-corrected chi connectivity index (χ1v) is 11.0. The van der Waals surface area contributed by atoms with Gasteiger partial charge in [0.25, 0.3) is 5.22 Å². The van der Waals surface area contributed by atoms with Gasteiger partial charge in [-0.05, 0) is 51.5 Å². The SMILES string of the molecule is CCOc1cccc2c1N(C(=O)CSc1nnc(-c3cccnc3)o1)C(C)(C)C=C2C. The molecule has 1 aliphatic heterocycles. The largest absolute Gasteiger partial charge is 0.492 e. The Balaban J connectivity index is 1.58. The lowest BCUT2D eigenvalue weighted by molar-refractivity contribution is -0.117. The van der Waals surface area contributed by atoms with Crippen LogP contribution in [-0.2, 0) is 4.79 Å². The minimum Gasteiger partial charge on any atom is -0.492 e. The summed E-state index contributed by atoms with van der Waals surface area (Å²) in [6, 6.07) is 9.52. The quantitative estimate of drug-likeness (QED) is 0.511. The van der Waals surface area contributed by atoms with E-state index < -0.39 is 5.54 Å².